The van der Waals surface area contributed by atoms with Crippen molar-refractivity contribution in [1.82, 2.24) is 4.90 Å². The second-order valence-electron chi connectivity index (χ2n) is 6.30. The maximum atomic E-state index is 12.6. The van der Waals surface area contributed by atoms with Gasteiger partial charge in [-0.3, -0.25) is 4.90 Å². The Morgan fingerprint density at radius 2 is 1.88 bits per heavy atom. The van der Waals surface area contributed by atoms with Gasteiger partial charge >= 0.3 is 5.97 Å². The number of rotatable bonds is 11. The number of phenols is 1. The van der Waals surface area contributed by atoms with E-state index in [9.17, 15) is 9.90 Å². The molecule has 0 aromatic heterocycles. The summed E-state index contributed by atoms with van der Waals surface area (Å²) < 4.78 is 11.2. The van der Waals surface area contributed by atoms with E-state index in [1.807, 2.05) is 6.92 Å². The van der Waals surface area contributed by atoms with Crippen molar-refractivity contribution in [3.8, 4) is 11.5 Å². The molecule has 1 unspecified atom stereocenters. The SMILES string of the molecule is CCCOc1cc(O)ccc1C(=O)OC[C@H](C(C)CC)N(CC)CC. The predicted molar refractivity (Wildman–Crippen MR) is 100 cm³/mol. The van der Waals surface area contributed by atoms with Gasteiger partial charge in [-0.1, -0.05) is 41.0 Å². The molecule has 25 heavy (non-hydrogen) atoms. The minimum atomic E-state index is -0.411. The fourth-order valence-corrected chi connectivity index (χ4v) is 2.84. The van der Waals surface area contributed by atoms with Crippen LogP contribution in [0.15, 0.2) is 18.2 Å². The third kappa shape index (κ3) is 6.24. The van der Waals surface area contributed by atoms with E-state index in [1.165, 1.54) is 12.1 Å². The van der Waals surface area contributed by atoms with Crippen molar-refractivity contribution in [3.05, 3.63) is 23.8 Å². The summed E-state index contributed by atoms with van der Waals surface area (Å²) in [6, 6.07) is 4.69. The molecule has 2 atom stereocenters. The van der Waals surface area contributed by atoms with Gasteiger partial charge in [-0.25, -0.2) is 4.79 Å². The first-order chi connectivity index (χ1) is 12.0. The lowest BCUT2D eigenvalue weighted by Gasteiger charge is -2.33. The predicted octanol–water partition coefficient (Wildman–Crippen LogP) is 4.09. The second-order valence-corrected chi connectivity index (χ2v) is 6.30. The highest BCUT2D eigenvalue weighted by atomic mass is 16.5. The van der Waals surface area contributed by atoms with E-state index in [0.29, 0.717) is 30.4 Å². The largest absolute Gasteiger partial charge is 0.508 e. The number of esters is 1. The van der Waals surface area contributed by atoms with Gasteiger partial charge in [0.25, 0.3) is 0 Å². The molecule has 0 fully saturated rings. The summed E-state index contributed by atoms with van der Waals surface area (Å²) >= 11 is 0. The van der Waals surface area contributed by atoms with Crippen LogP contribution in [0, 0.1) is 5.92 Å². The highest BCUT2D eigenvalue weighted by Crippen LogP contribution is 2.25. The Morgan fingerprint density at radius 3 is 2.44 bits per heavy atom. The van der Waals surface area contributed by atoms with Crippen LogP contribution in [0.4, 0.5) is 0 Å². The minimum Gasteiger partial charge on any atom is -0.508 e. The van der Waals surface area contributed by atoms with Crippen LogP contribution in [0.3, 0.4) is 0 Å². The van der Waals surface area contributed by atoms with Crippen LogP contribution in [0.5, 0.6) is 11.5 Å². The van der Waals surface area contributed by atoms with Gasteiger partial charge in [-0.2, -0.15) is 0 Å². The molecule has 0 saturated heterocycles. The number of ether oxygens (including phenoxy) is 2. The number of nitrogens with zero attached hydrogens (tertiary/aromatic N) is 1. The van der Waals surface area contributed by atoms with Gasteiger partial charge in [0.05, 0.1) is 6.61 Å². The van der Waals surface area contributed by atoms with Gasteiger partial charge in [0.1, 0.15) is 23.7 Å². The van der Waals surface area contributed by atoms with Crippen LogP contribution >= 0.6 is 0 Å². The number of carbonyl (C=O) groups is 1. The van der Waals surface area contributed by atoms with E-state index in [2.05, 4.69) is 32.6 Å². The molecule has 1 rings (SSSR count). The molecule has 5 heteroatoms. The molecule has 0 amide bonds. The van der Waals surface area contributed by atoms with Crippen molar-refractivity contribution in [2.24, 2.45) is 5.92 Å². The van der Waals surface area contributed by atoms with Crippen molar-refractivity contribution in [1.29, 1.82) is 0 Å². The lowest BCUT2D eigenvalue weighted by molar-refractivity contribution is 0.0268. The Bertz CT molecular complexity index is 528. The Kier molecular flexibility index (Phi) is 9.35. The zero-order chi connectivity index (χ0) is 18.8. The lowest BCUT2D eigenvalue weighted by atomic mass is 9.98. The average Bonchev–Trinajstić information content (AvgIpc) is 2.62. The van der Waals surface area contributed by atoms with E-state index in [4.69, 9.17) is 9.47 Å². The number of aromatic hydroxyl groups is 1. The first-order valence-corrected chi connectivity index (χ1v) is 9.35. The Balaban J connectivity index is 2.86. The van der Waals surface area contributed by atoms with Gasteiger partial charge in [0.2, 0.25) is 0 Å². The van der Waals surface area contributed by atoms with Crippen molar-refractivity contribution in [2.45, 2.75) is 53.5 Å². The molecule has 1 N–H and O–H groups in total. The van der Waals surface area contributed by atoms with Crippen LogP contribution in [-0.4, -0.2) is 48.3 Å². The van der Waals surface area contributed by atoms with Gasteiger partial charge in [-0.05, 0) is 37.6 Å². The maximum Gasteiger partial charge on any atom is 0.341 e. The molecule has 1 aromatic carbocycles. The molecule has 0 aliphatic heterocycles. The molecular formula is C20H33NO4. The smallest absolute Gasteiger partial charge is 0.341 e. The molecule has 142 valence electrons. The van der Waals surface area contributed by atoms with E-state index < -0.39 is 5.97 Å². The average molecular weight is 351 g/mol. The zero-order valence-electron chi connectivity index (χ0n) is 16.2. The van der Waals surface area contributed by atoms with Crippen LogP contribution in [0.1, 0.15) is 57.8 Å². The zero-order valence-corrected chi connectivity index (χ0v) is 16.2. The fraction of sp³-hybridized carbons (Fsp3) is 0.650. The molecule has 0 heterocycles. The van der Waals surface area contributed by atoms with Gasteiger partial charge in [0.15, 0.2) is 0 Å². The number of hydrogen-bond acceptors (Lipinski definition) is 5. The summed E-state index contributed by atoms with van der Waals surface area (Å²) in [6.45, 7) is 13.3. The van der Waals surface area contributed by atoms with Crippen LogP contribution in [0.2, 0.25) is 0 Å². The summed E-state index contributed by atoms with van der Waals surface area (Å²) in [4.78, 5) is 14.9. The Morgan fingerprint density at radius 1 is 1.20 bits per heavy atom. The quantitative estimate of drug-likeness (QED) is 0.608. The van der Waals surface area contributed by atoms with Crippen LogP contribution in [0.25, 0.3) is 0 Å². The molecular weight excluding hydrogens is 318 g/mol. The van der Waals surface area contributed by atoms with Crippen molar-refractivity contribution >= 4 is 5.97 Å². The van der Waals surface area contributed by atoms with Gasteiger partial charge in [0, 0.05) is 12.1 Å². The summed E-state index contributed by atoms with van der Waals surface area (Å²) in [5.74, 6) is 0.466. The number of hydrogen-bond donors (Lipinski definition) is 1. The maximum absolute atomic E-state index is 12.6. The minimum absolute atomic E-state index is 0.0725. The molecule has 0 aliphatic rings. The molecule has 0 radical (unpaired) electrons. The number of likely N-dealkylation sites (N-methyl/N-ethyl adjacent to an activating group) is 1. The van der Waals surface area contributed by atoms with Crippen molar-refractivity contribution in [2.75, 3.05) is 26.3 Å². The third-order valence-corrected chi connectivity index (χ3v) is 4.61. The van der Waals surface area contributed by atoms with E-state index in [-0.39, 0.29) is 11.8 Å². The molecule has 1 aromatic rings. The Labute approximate surface area is 151 Å². The first-order valence-electron chi connectivity index (χ1n) is 9.35. The van der Waals surface area contributed by atoms with Crippen LogP contribution in [-0.2, 0) is 4.74 Å². The fourth-order valence-electron chi connectivity index (χ4n) is 2.84. The number of benzene rings is 1. The molecule has 0 spiro atoms. The van der Waals surface area contributed by atoms with Gasteiger partial charge < -0.3 is 14.6 Å². The summed E-state index contributed by atoms with van der Waals surface area (Å²) in [6.07, 6.45) is 1.85. The third-order valence-electron chi connectivity index (χ3n) is 4.61. The van der Waals surface area contributed by atoms with E-state index >= 15 is 0 Å². The number of carbonyl (C=O) groups excluding carboxylic acids is 1. The normalized spacial score (nSPS) is 13.5. The van der Waals surface area contributed by atoms with Gasteiger partial charge in [-0.15, -0.1) is 0 Å². The molecule has 0 bridgehead atoms. The van der Waals surface area contributed by atoms with E-state index in [1.54, 1.807) is 6.07 Å². The highest BCUT2D eigenvalue weighted by molar-refractivity contribution is 5.92. The van der Waals surface area contributed by atoms with E-state index in [0.717, 1.165) is 25.9 Å². The van der Waals surface area contributed by atoms with Crippen molar-refractivity contribution < 1.29 is 19.4 Å². The highest BCUT2D eigenvalue weighted by Gasteiger charge is 2.24. The Hall–Kier alpha value is -1.75. The topological polar surface area (TPSA) is 59.0 Å². The monoisotopic (exact) mass is 351 g/mol. The summed E-state index contributed by atoms with van der Waals surface area (Å²) in [7, 11) is 0. The standard InChI is InChI=1S/C20H33NO4/c1-6-12-24-19-13-16(22)10-11-17(19)20(23)25-14-18(15(5)7-2)21(8-3)9-4/h10-11,13,15,18,22H,6-9,12,14H2,1-5H3/t15?,18-/m1/s1. The number of phenolic OH excluding ortho intramolecular Hbond substituents is 1. The molecule has 0 saturated carbocycles. The molecule has 5 nitrogen and oxygen atoms in total. The lowest BCUT2D eigenvalue weighted by Crippen LogP contribution is -2.43. The van der Waals surface area contributed by atoms with Crippen LogP contribution < -0.4 is 4.74 Å². The van der Waals surface area contributed by atoms with Crippen molar-refractivity contribution in [3.63, 3.8) is 0 Å². The second kappa shape index (κ2) is 11.0. The summed E-state index contributed by atoms with van der Waals surface area (Å²) in [5.41, 5.74) is 0.355. The molecule has 0 aliphatic carbocycles. The first kappa shape index (κ1) is 21.3. The summed E-state index contributed by atoms with van der Waals surface area (Å²) in [5, 5.41) is 9.64.